The number of nitrogens with one attached hydrogen (secondary N) is 1. The largest absolute Gasteiger partial charge is 0.370 e. The minimum Gasteiger partial charge on any atom is -0.370 e. The molecule has 0 spiro atoms. The minimum absolute atomic E-state index is 0.150. The van der Waals surface area contributed by atoms with Gasteiger partial charge in [0.15, 0.2) is 0 Å². The highest BCUT2D eigenvalue weighted by molar-refractivity contribution is 6.04. The number of carbonyl (C=O) groups is 1. The number of hydrogen-bond acceptors (Lipinski definition) is 3. The van der Waals surface area contributed by atoms with Crippen molar-refractivity contribution < 1.29 is 9.18 Å². The van der Waals surface area contributed by atoms with E-state index >= 15 is 0 Å². The van der Waals surface area contributed by atoms with Gasteiger partial charge in [0.05, 0.1) is 0 Å². The highest BCUT2D eigenvalue weighted by Gasteiger charge is 2.24. The maximum absolute atomic E-state index is 13.5. The van der Waals surface area contributed by atoms with Gasteiger partial charge in [-0.2, -0.15) is 0 Å². The monoisotopic (exact) mass is 417 g/mol. The summed E-state index contributed by atoms with van der Waals surface area (Å²) < 4.78 is 13.5. The van der Waals surface area contributed by atoms with Crippen LogP contribution < -0.4 is 10.2 Å². The van der Waals surface area contributed by atoms with Crippen LogP contribution >= 0.6 is 0 Å². The van der Waals surface area contributed by atoms with E-state index in [0.717, 1.165) is 29.9 Å². The molecule has 5 heteroatoms. The molecule has 0 saturated carbocycles. The lowest BCUT2D eigenvalue weighted by molar-refractivity contribution is 0.102. The van der Waals surface area contributed by atoms with E-state index in [2.05, 4.69) is 41.3 Å². The summed E-state index contributed by atoms with van der Waals surface area (Å²) in [7, 11) is 4.25. The summed E-state index contributed by atoms with van der Waals surface area (Å²) in [5, 5.41) is 2.96. The van der Waals surface area contributed by atoms with Crippen molar-refractivity contribution in [3.63, 3.8) is 0 Å². The lowest BCUT2D eigenvalue weighted by Crippen LogP contribution is -2.31. The number of benzene rings is 3. The summed E-state index contributed by atoms with van der Waals surface area (Å²) >= 11 is 0. The van der Waals surface area contributed by atoms with Gasteiger partial charge in [-0.05, 0) is 92.7 Å². The number of rotatable bonds is 5. The number of anilines is 2. The Morgan fingerprint density at radius 3 is 2.29 bits per heavy atom. The number of halogens is 1. The van der Waals surface area contributed by atoms with Crippen molar-refractivity contribution in [1.29, 1.82) is 0 Å². The third kappa shape index (κ3) is 4.78. The summed E-state index contributed by atoms with van der Waals surface area (Å²) in [5.41, 5.74) is 5.02. The van der Waals surface area contributed by atoms with Crippen LogP contribution in [-0.2, 0) is 0 Å². The standard InChI is InChI=1S/C26H28FN3O/c1-18-16-21(8-13-25(18)27)19-4-6-20(7-5-19)26(31)28-22-9-11-23(12-10-22)30-15-14-24(17-30)29(2)3/h4-13,16,24H,14-15,17H2,1-3H3,(H,28,31). The van der Waals surface area contributed by atoms with Gasteiger partial charge in [0.25, 0.3) is 5.91 Å². The summed E-state index contributed by atoms with van der Waals surface area (Å²) in [6, 6.07) is 21.0. The average Bonchev–Trinajstić information content (AvgIpc) is 3.27. The number of hydrogen-bond donors (Lipinski definition) is 1. The molecule has 1 unspecified atom stereocenters. The number of aryl methyl sites for hydroxylation is 1. The first-order valence-electron chi connectivity index (χ1n) is 10.6. The SMILES string of the molecule is Cc1cc(-c2ccc(C(=O)Nc3ccc(N4CCC(N(C)C)C4)cc3)cc2)ccc1F. The van der Waals surface area contributed by atoms with Crippen LogP contribution in [0.5, 0.6) is 0 Å². The van der Waals surface area contributed by atoms with Crippen molar-refractivity contribution in [2.45, 2.75) is 19.4 Å². The normalized spacial score (nSPS) is 16.0. The second kappa shape index (κ2) is 8.90. The fourth-order valence-electron chi connectivity index (χ4n) is 3.99. The van der Waals surface area contributed by atoms with E-state index in [1.807, 2.05) is 30.3 Å². The molecule has 4 rings (SSSR count). The molecule has 0 bridgehead atoms. The molecule has 3 aromatic carbocycles. The molecule has 1 atom stereocenters. The van der Waals surface area contributed by atoms with Crippen molar-refractivity contribution in [1.82, 2.24) is 4.90 Å². The topological polar surface area (TPSA) is 35.6 Å². The molecule has 31 heavy (non-hydrogen) atoms. The van der Waals surface area contributed by atoms with Crippen molar-refractivity contribution in [3.8, 4) is 11.1 Å². The number of likely N-dealkylation sites (N-methyl/N-ethyl adjacent to an activating group) is 1. The Morgan fingerprint density at radius 1 is 1.00 bits per heavy atom. The van der Waals surface area contributed by atoms with Crippen LogP contribution in [0, 0.1) is 12.7 Å². The fourth-order valence-corrected chi connectivity index (χ4v) is 3.99. The smallest absolute Gasteiger partial charge is 0.255 e. The second-order valence-corrected chi connectivity index (χ2v) is 8.39. The average molecular weight is 418 g/mol. The van der Waals surface area contributed by atoms with Crippen LogP contribution in [-0.4, -0.2) is 44.0 Å². The van der Waals surface area contributed by atoms with Gasteiger partial charge < -0.3 is 15.1 Å². The molecule has 1 fully saturated rings. The van der Waals surface area contributed by atoms with Crippen molar-refractivity contribution in [3.05, 3.63) is 83.7 Å². The maximum Gasteiger partial charge on any atom is 0.255 e. The molecular formula is C26H28FN3O. The zero-order valence-electron chi connectivity index (χ0n) is 18.2. The molecule has 1 saturated heterocycles. The predicted molar refractivity (Wildman–Crippen MR) is 125 cm³/mol. The minimum atomic E-state index is -0.215. The first-order valence-corrected chi connectivity index (χ1v) is 10.6. The molecule has 0 aliphatic carbocycles. The predicted octanol–water partition coefficient (Wildman–Crippen LogP) is 5.19. The summed E-state index contributed by atoms with van der Waals surface area (Å²) in [4.78, 5) is 17.3. The molecule has 1 amide bonds. The van der Waals surface area contributed by atoms with E-state index in [1.165, 1.54) is 18.2 Å². The lowest BCUT2D eigenvalue weighted by atomic mass is 10.0. The van der Waals surface area contributed by atoms with Gasteiger partial charge in [0, 0.05) is 36.1 Å². The third-order valence-corrected chi connectivity index (χ3v) is 6.02. The lowest BCUT2D eigenvalue weighted by Gasteiger charge is -2.22. The van der Waals surface area contributed by atoms with Gasteiger partial charge in [-0.15, -0.1) is 0 Å². The quantitative estimate of drug-likeness (QED) is 0.620. The van der Waals surface area contributed by atoms with Crippen LogP contribution in [0.25, 0.3) is 11.1 Å². The zero-order chi connectivity index (χ0) is 22.0. The molecule has 1 heterocycles. The Morgan fingerprint density at radius 2 is 1.68 bits per heavy atom. The first-order chi connectivity index (χ1) is 14.9. The van der Waals surface area contributed by atoms with Crippen LogP contribution in [0.1, 0.15) is 22.3 Å². The molecule has 0 aromatic heterocycles. The molecular weight excluding hydrogens is 389 g/mol. The molecule has 1 aliphatic heterocycles. The van der Waals surface area contributed by atoms with Crippen LogP contribution in [0.2, 0.25) is 0 Å². The highest BCUT2D eigenvalue weighted by atomic mass is 19.1. The van der Waals surface area contributed by atoms with Crippen LogP contribution in [0.4, 0.5) is 15.8 Å². The van der Waals surface area contributed by atoms with Gasteiger partial charge in [-0.3, -0.25) is 4.79 Å². The van der Waals surface area contributed by atoms with Crippen molar-refractivity contribution >= 4 is 17.3 Å². The Hall–Kier alpha value is -3.18. The molecule has 0 radical (unpaired) electrons. The Balaban J connectivity index is 1.39. The van der Waals surface area contributed by atoms with Crippen molar-refractivity contribution in [2.24, 2.45) is 0 Å². The van der Waals surface area contributed by atoms with E-state index in [-0.39, 0.29) is 11.7 Å². The van der Waals surface area contributed by atoms with E-state index < -0.39 is 0 Å². The summed E-state index contributed by atoms with van der Waals surface area (Å²) in [5.74, 6) is -0.364. The molecule has 1 N–H and O–H groups in total. The zero-order valence-corrected chi connectivity index (χ0v) is 18.2. The Kier molecular flexibility index (Phi) is 6.05. The molecule has 3 aromatic rings. The fraction of sp³-hybridized carbons (Fsp3) is 0.269. The van der Waals surface area contributed by atoms with Gasteiger partial charge in [-0.25, -0.2) is 4.39 Å². The van der Waals surface area contributed by atoms with E-state index in [1.54, 1.807) is 25.1 Å². The highest BCUT2D eigenvalue weighted by Crippen LogP contribution is 2.25. The van der Waals surface area contributed by atoms with Crippen molar-refractivity contribution in [2.75, 3.05) is 37.4 Å². The summed E-state index contributed by atoms with van der Waals surface area (Å²) in [6.07, 6.45) is 1.17. The van der Waals surface area contributed by atoms with Crippen LogP contribution in [0.3, 0.4) is 0 Å². The molecule has 4 nitrogen and oxygen atoms in total. The third-order valence-electron chi connectivity index (χ3n) is 6.02. The number of carbonyl (C=O) groups excluding carboxylic acids is 1. The van der Waals surface area contributed by atoms with E-state index in [4.69, 9.17) is 0 Å². The maximum atomic E-state index is 13.5. The van der Waals surface area contributed by atoms with E-state index in [9.17, 15) is 9.18 Å². The number of amides is 1. The van der Waals surface area contributed by atoms with Gasteiger partial charge in [-0.1, -0.05) is 18.2 Å². The van der Waals surface area contributed by atoms with E-state index in [0.29, 0.717) is 17.2 Å². The molecule has 160 valence electrons. The first kappa shape index (κ1) is 21.1. The van der Waals surface area contributed by atoms with Gasteiger partial charge >= 0.3 is 0 Å². The van der Waals surface area contributed by atoms with Gasteiger partial charge in [0.1, 0.15) is 5.82 Å². The Bertz CT molecular complexity index is 1060. The number of nitrogens with zero attached hydrogens (tertiary/aromatic N) is 2. The Labute approximate surface area is 183 Å². The van der Waals surface area contributed by atoms with Crippen LogP contribution in [0.15, 0.2) is 66.7 Å². The summed E-state index contributed by atoms with van der Waals surface area (Å²) in [6.45, 7) is 3.82. The molecule has 1 aliphatic rings. The second-order valence-electron chi connectivity index (χ2n) is 8.39. The van der Waals surface area contributed by atoms with Gasteiger partial charge in [0.2, 0.25) is 0 Å².